The number of halogens is 1. The summed E-state index contributed by atoms with van der Waals surface area (Å²) in [5, 5.41) is 0.631. The van der Waals surface area contributed by atoms with Crippen LogP contribution in [0.1, 0.15) is 12.6 Å². The number of aromatic nitrogens is 1. The van der Waals surface area contributed by atoms with E-state index >= 15 is 0 Å². The van der Waals surface area contributed by atoms with Crippen LogP contribution in [0.5, 0.6) is 0 Å². The maximum Gasteiger partial charge on any atom is 0.145 e. The molecule has 0 aromatic carbocycles. The number of carbonyl (C=O) groups is 1. The molecule has 0 aliphatic rings. The highest BCUT2D eigenvalue weighted by atomic mass is 35.5. The van der Waals surface area contributed by atoms with Gasteiger partial charge in [-0.05, 0) is 24.6 Å². The SMILES string of the molecule is C/C(C=O)=C\c1[nH]ccc1Cl. The quantitative estimate of drug-likeness (QED) is 0.535. The van der Waals surface area contributed by atoms with Gasteiger partial charge in [0.2, 0.25) is 0 Å². The van der Waals surface area contributed by atoms with Crippen LogP contribution in [0.25, 0.3) is 6.08 Å². The first-order valence-corrected chi connectivity index (χ1v) is 3.58. The molecule has 0 saturated carbocycles. The largest absolute Gasteiger partial charge is 0.360 e. The van der Waals surface area contributed by atoms with Crippen molar-refractivity contribution in [3.63, 3.8) is 0 Å². The van der Waals surface area contributed by atoms with E-state index < -0.39 is 0 Å². The predicted molar refractivity (Wildman–Crippen MR) is 45.5 cm³/mol. The van der Waals surface area contributed by atoms with E-state index in [4.69, 9.17) is 11.6 Å². The van der Waals surface area contributed by atoms with Crippen molar-refractivity contribution in [3.05, 3.63) is 28.6 Å². The summed E-state index contributed by atoms with van der Waals surface area (Å²) in [6.07, 6.45) is 4.22. The minimum absolute atomic E-state index is 0.631. The Kier molecular flexibility index (Phi) is 2.49. The molecule has 1 aromatic rings. The zero-order valence-electron chi connectivity index (χ0n) is 6.10. The van der Waals surface area contributed by atoms with E-state index in [1.807, 2.05) is 0 Å². The second kappa shape index (κ2) is 3.39. The lowest BCUT2D eigenvalue weighted by molar-refractivity contribution is -0.104. The van der Waals surface area contributed by atoms with Gasteiger partial charge in [-0.1, -0.05) is 11.6 Å². The fourth-order valence-corrected chi connectivity index (χ4v) is 0.908. The fourth-order valence-electron chi connectivity index (χ4n) is 0.736. The number of hydrogen-bond acceptors (Lipinski definition) is 1. The molecule has 0 unspecified atom stereocenters. The molecule has 0 bridgehead atoms. The first kappa shape index (κ1) is 8.08. The average Bonchev–Trinajstić information content (AvgIpc) is 2.37. The van der Waals surface area contributed by atoms with Gasteiger partial charge < -0.3 is 4.98 Å². The number of nitrogens with one attached hydrogen (secondary N) is 1. The number of carbonyl (C=O) groups excluding carboxylic acids is 1. The van der Waals surface area contributed by atoms with Crippen molar-refractivity contribution < 1.29 is 4.79 Å². The summed E-state index contributed by atoms with van der Waals surface area (Å²) in [6, 6.07) is 1.74. The Morgan fingerprint density at radius 1 is 1.73 bits per heavy atom. The Morgan fingerprint density at radius 2 is 2.45 bits per heavy atom. The van der Waals surface area contributed by atoms with Crippen LogP contribution in [-0.4, -0.2) is 11.3 Å². The summed E-state index contributed by atoms with van der Waals surface area (Å²) in [5.74, 6) is 0. The maximum absolute atomic E-state index is 10.2. The lowest BCUT2D eigenvalue weighted by atomic mass is 10.3. The van der Waals surface area contributed by atoms with Crippen LogP contribution in [0.2, 0.25) is 5.02 Å². The molecule has 3 heteroatoms. The highest BCUT2D eigenvalue weighted by Crippen LogP contribution is 2.15. The van der Waals surface area contributed by atoms with Gasteiger partial charge in [0, 0.05) is 6.20 Å². The van der Waals surface area contributed by atoms with E-state index in [1.165, 1.54) is 0 Å². The van der Waals surface area contributed by atoms with Crippen molar-refractivity contribution in [1.82, 2.24) is 4.98 Å². The molecule has 0 radical (unpaired) electrons. The minimum atomic E-state index is 0.631. The fraction of sp³-hybridized carbons (Fsp3) is 0.125. The topological polar surface area (TPSA) is 32.9 Å². The van der Waals surface area contributed by atoms with E-state index in [9.17, 15) is 4.79 Å². The second-order valence-corrected chi connectivity index (χ2v) is 2.65. The monoisotopic (exact) mass is 169 g/mol. The third-order valence-electron chi connectivity index (χ3n) is 1.28. The summed E-state index contributed by atoms with van der Waals surface area (Å²) >= 11 is 5.75. The average molecular weight is 170 g/mol. The molecule has 0 saturated heterocycles. The van der Waals surface area contributed by atoms with Gasteiger partial charge >= 0.3 is 0 Å². The molecule has 0 amide bonds. The lowest BCUT2D eigenvalue weighted by Gasteiger charge is -1.88. The molecular weight excluding hydrogens is 162 g/mol. The van der Waals surface area contributed by atoms with Crippen LogP contribution in [0.15, 0.2) is 17.8 Å². The van der Waals surface area contributed by atoms with E-state index in [0.29, 0.717) is 10.6 Å². The molecule has 0 fully saturated rings. The highest BCUT2D eigenvalue weighted by molar-refractivity contribution is 6.32. The van der Waals surface area contributed by atoms with Crippen molar-refractivity contribution in [2.75, 3.05) is 0 Å². The lowest BCUT2D eigenvalue weighted by Crippen LogP contribution is -1.77. The first-order valence-electron chi connectivity index (χ1n) is 3.20. The van der Waals surface area contributed by atoms with Gasteiger partial charge in [-0.15, -0.1) is 0 Å². The molecule has 1 N–H and O–H groups in total. The number of allylic oxidation sites excluding steroid dienone is 1. The van der Waals surface area contributed by atoms with Crippen molar-refractivity contribution >= 4 is 24.0 Å². The zero-order valence-corrected chi connectivity index (χ0v) is 6.85. The summed E-state index contributed by atoms with van der Waals surface area (Å²) in [4.78, 5) is 13.1. The van der Waals surface area contributed by atoms with Gasteiger partial charge in [0.05, 0.1) is 10.7 Å². The second-order valence-electron chi connectivity index (χ2n) is 2.25. The standard InChI is InChI=1S/C8H8ClNO/c1-6(5-11)4-8-7(9)2-3-10-8/h2-5,10H,1H3/b6-4+. The highest BCUT2D eigenvalue weighted by Gasteiger charge is 1.96. The first-order chi connectivity index (χ1) is 5.24. The van der Waals surface area contributed by atoms with Gasteiger partial charge in [0.15, 0.2) is 0 Å². The Hall–Kier alpha value is -1.02. The van der Waals surface area contributed by atoms with Crippen LogP contribution < -0.4 is 0 Å². The van der Waals surface area contributed by atoms with Gasteiger partial charge in [-0.3, -0.25) is 4.79 Å². The number of aromatic amines is 1. The van der Waals surface area contributed by atoms with Crippen LogP contribution in [0, 0.1) is 0 Å². The Morgan fingerprint density at radius 3 is 2.91 bits per heavy atom. The summed E-state index contributed by atoms with van der Waals surface area (Å²) in [7, 11) is 0. The predicted octanol–water partition coefficient (Wildman–Crippen LogP) is 2.27. The maximum atomic E-state index is 10.2. The third-order valence-corrected chi connectivity index (χ3v) is 1.61. The molecule has 0 spiro atoms. The smallest absolute Gasteiger partial charge is 0.145 e. The van der Waals surface area contributed by atoms with Crippen molar-refractivity contribution in [2.24, 2.45) is 0 Å². The van der Waals surface area contributed by atoms with Crippen LogP contribution >= 0.6 is 11.6 Å². The summed E-state index contributed by atoms with van der Waals surface area (Å²) < 4.78 is 0. The molecule has 1 heterocycles. The molecule has 0 aliphatic carbocycles. The van der Waals surface area contributed by atoms with Crippen LogP contribution in [0.3, 0.4) is 0 Å². The van der Waals surface area contributed by atoms with E-state index in [0.717, 1.165) is 12.0 Å². The van der Waals surface area contributed by atoms with Crippen molar-refractivity contribution in [3.8, 4) is 0 Å². The van der Waals surface area contributed by atoms with Gasteiger partial charge in [-0.2, -0.15) is 0 Å². The number of rotatable bonds is 2. The van der Waals surface area contributed by atoms with E-state index in [-0.39, 0.29) is 0 Å². The number of hydrogen-bond donors (Lipinski definition) is 1. The number of aldehydes is 1. The molecule has 1 rings (SSSR count). The van der Waals surface area contributed by atoms with Gasteiger partial charge in [0.25, 0.3) is 0 Å². The Balaban J connectivity index is 2.94. The third kappa shape index (κ3) is 1.95. The number of H-pyrrole nitrogens is 1. The molecule has 0 aliphatic heterocycles. The molecule has 58 valence electrons. The summed E-state index contributed by atoms with van der Waals surface area (Å²) in [5.41, 5.74) is 1.42. The van der Waals surface area contributed by atoms with Crippen molar-refractivity contribution in [1.29, 1.82) is 0 Å². The van der Waals surface area contributed by atoms with Gasteiger partial charge in [0.1, 0.15) is 6.29 Å². The molecular formula is C8H8ClNO. The summed E-state index contributed by atoms with van der Waals surface area (Å²) in [6.45, 7) is 1.73. The zero-order chi connectivity index (χ0) is 8.27. The molecule has 11 heavy (non-hydrogen) atoms. The van der Waals surface area contributed by atoms with Crippen LogP contribution in [-0.2, 0) is 4.79 Å². The van der Waals surface area contributed by atoms with Gasteiger partial charge in [-0.25, -0.2) is 0 Å². The van der Waals surface area contributed by atoms with Crippen LogP contribution in [0.4, 0.5) is 0 Å². The van der Waals surface area contributed by atoms with E-state index in [2.05, 4.69) is 4.98 Å². The van der Waals surface area contributed by atoms with E-state index in [1.54, 1.807) is 25.3 Å². The molecule has 0 atom stereocenters. The minimum Gasteiger partial charge on any atom is -0.360 e. The van der Waals surface area contributed by atoms with Crippen molar-refractivity contribution in [2.45, 2.75) is 6.92 Å². The Bertz CT molecular complexity index is 288. The molecule has 2 nitrogen and oxygen atoms in total. The normalized spacial score (nSPS) is 11.6. The molecule has 1 aromatic heterocycles. The Labute approximate surface area is 69.9 Å².